The lowest BCUT2D eigenvalue weighted by Crippen LogP contribution is -2.45. The molecule has 3 N–H and O–H groups in total. The van der Waals surface area contributed by atoms with Crippen molar-refractivity contribution in [3.8, 4) is 0 Å². The van der Waals surface area contributed by atoms with E-state index in [0.29, 0.717) is 6.61 Å². The molecule has 1 aromatic carbocycles. The minimum atomic E-state index is 0.111. The normalized spacial score (nSPS) is 14.6. The first-order valence-corrected chi connectivity index (χ1v) is 6.64. The zero-order chi connectivity index (χ0) is 13.7. The van der Waals surface area contributed by atoms with Crippen LogP contribution in [-0.2, 0) is 11.2 Å². The molecule has 0 aliphatic rings. The smallest absolute Gasteiger partial charge is 0.0716 e. The molecule has 102 valence electrons. The predicted octanol–water partition coefficient (Wildman–Crippen LogP) is 2.41. The molecule has 18 heavy (non-hydrogen) atoms. The quantitative estimate of drug-likeness (QED) is 0.602. The molecule has 0 saturated heterocycles. The number of hydrazine groups is 1. The fourth-order valence-electron chi connectivity index (χ4n) is 2.49. The molecule has 0 fully saturated rings. The van der Waals surface area contributed by atoms with E-state index in [1.807, 2.05) is 6.92 Å². The van der Waals surface area contributed by atoms with Gasteiger partial charge in [-0.25, -0.2) is 0 Å². The number of hydrogen-bond donors (Lipinski definition) is 2. The van der Waals surface area contributed by atoms with Crippen LogP contribution in [0.15, 0.2) is 12.1 Å². The molecule has 0 aliphatic heterocycles. The third kappa shape index (κ3) is 3.80. The van der Waals surface area contributed by atoms with Crippen molar-refractivity contribution in [2.45, 2.75) is 53.2 Å². The second kappa shape index (κ2) is 6.88. The molecule has 0 saturated carbocycles. The van der Waals surface area contributed by atoms with Crippen molar-refractivity contribution in [3.63, 3.8) is 0 Å². The lowest BCUT2D eigenvalue weighted by atomic mass is 9.93. The fourth-order valence-corrected chi connectivity index (χ4v) is 2.49. The minimum Gasteiger partial charge on any atom is -0.377 e. The molecule has 3 heteroatoms. The predicted molar refractivity (Wildman–Crippen MR) is 76.6 cm³/mol. The van der Waals surface area contributed by atoms with Gasteiger partial charge in [-0.05, 0) is 57.7 Å². The van der Waals surface area contributed by atoms with Crippen molar-refractivity contribution in [1.29, 1.82) is 0 Å². The number of benzene rings is 1. The first kappa shape index (κ1) is 15.2. The molecule has 1 aromatic rings. The lowest BCUT2D eigenvalue weighted by molar-refractivity contribution is 0.0476. The van der Waals surface area contributed by atoms with Crippen molar-refractivity contribution < 1.29 is 4.74 Å². The van der Waals surface area contributed by atoms with Gasteiger partial charge in [0, 0.05) is 6.61 Å². The third-order valence-electron chi connectivity index (χ3n) is 3.47. The van der Waals surface area contributed by atoms with Gasteiger partial charge >= 0.3 is 0 Å². The van der Waals surface area contributed by atoms with Gasteiger partial charge in [0.05, 0.1) is 12.1 Å². The van der Waals surface area contributed by atoms with Crippen LogP contribution in [0.1, 0.15) is 36.1 Å². The van der Waals surface area contributed by atoms with E-state index < -0.39 is 0 Å². The molecular formula is C15H26N2O. The maximum atomic E-state index is 5.65. The number of rotatable bonds is 6. The van der Waals surface area contributed by atoms with Crippen molar-refractivity contribution in [2.24, 2.45) is 5.84 Å². The van der Waals surface area contributed by atoms with Gasteiger partial charge in [0.1, 0.15) is 0 Å². The molecule has 0 spiro atoms. The maximum Gasteiger partial charge on any atom is 0.0716 e. The SMILES string of the molecule is CCOC(C)C(Cc1c(C)cc(C)cc1C)NN. The molecule has 0 bridgehead atoms. The molecular weight excluding hydrogens is 224 g/mol. The molecule has 2 unspecified atom stereocenters. The maximum absolute atomic E-state index is 5.65. The van der Waals surface area contributed by atoms with Crippen LogP contribution in [0, 0.1) is 20.8 Å². The van der Waals surface area contributed by atoms with E-state index >= 15 is 0 Å². The van der Waals surface area contributed by atoms with Crippen molar-refractivity contribution in [3.05, 3.63) is 34.4 Å². The van der Waals surface area contributed by atoms with Crippen LogP contribution < -0.4 is 11.3 Å². The lowest BCUT2D eigenvalue weighted by Gasteiger charge is -2.25. The summed E-state index contributed by atoms with van der Waals surface area (Å²) in [4.78, 5) is 0. The van der Waals surface area contributed by atoms with Crippen LogP contribution in [0.3, 0.4) is 0 Å². The molecule has 0 heterocycles. The zero-order valence-electron chi connectivity index (χ0n) is 12.2. The third-order valence-corrected chi connectivity index (χ3v) is 3.47. The molecule has 0 aromatic heterocycles. The Morgan fingerprint density at radius 2 is 1.78 bits per heavy atom. The van der Waals surface area contributed by atoms with Gasteiger partial charge in [0.2, 0.25) is 0 Å². The second-order valence-electron chi connectivity index (χ2n) is 5.02. The van der Waals surface area contributed by atoms with Gasteiger partial charge in [-0.15, -0.1) is 0 Å². The van der Waals surface area contributed by atoms with Crippen molar-refractivity contribution in [2.75, 3.05) is 6.61 Å². The summed E-state index contributed by atoms with van der Waals surface area (Å²) >= 11 is 0. The van der Waals surface area contributed by atoms with E-state index in [1.54, 1.807) is 0 Å². The van der Waals surface area contributed by atoms with E-state index in [0.717, 1.165) is 6.42 Å². The highest BCUT2D eigenvalue weighted by Gasteiger charge is 2.18. The Labute approximate surface area is 111 Å². The average molecular weight is 250 g/mol. The first-order chi connectivity index (χ1) is 8.49. The Balaban J connectivity index is 2.88. The van der Waals surface area contributed by atoms with E-state index in [-0.39, 0.29) is 12.1 Å². The van der Waals surface area contributed by atoms with Crippen LogP contribution in [0.25, 0.3) is 0 Å². The average Bonchev–Trinajstić information content (AvgIpc) is 2.28. The molecule has 1 rings (SSSR count). The molecule has 3 nitrogen and oxygen atoms in total. The van der Waals surface area contributed by atoms with Gasteiger partial charge in [-0.2, -0.15) is 0 Å². The van der Waals surface area contributed by atoms with Crippen LogP contribution in [0.5, 0.6) is 0 Å². The summed E-state index contributed by atoms with van der Waals surface area (Å²) in [6.45, 7) is 11.2. The number of nitrogens with two attached hydrogens (primary N) is 1. The summed E-state index contributed by atoms with van der Waals surface area (Å²) in [6.07, 6.45) is 1.01. The second-order valence-corrected chi connectivity index (χ2v) is 5.02. The van der Waals surface area contributed by atoms with Crippen molar-refractivity contribution in [1.82, 2.24) is 5.43 Å². The van der Waals surface area contributed by atoms with E-state index in [9.17, 15) is 0 Å². The Morgan fingerprint density at radius 3 is 2.22 bits per heavy atom. The standard InChI is InChI=1S/C15H26N2O/c1-6-18-13(5)15(17-16)9-14-11(3)7-10(2)8-12(14)4/h7-8,13,15,17H,6,9,16H2,1-5H3. The number of ether oxygens (including phenoxy) is 1. The van der Waals surface area contributed by atoms with Gasteiger partial charge < -0.3 is 4.74 Å². The van der Waals surface area contributed by atoms with Crippen LogP contribution in [0.4, 0.5) is 0 Å². The van der Waals surface area contributed by atoms with E-state index in [2.05, 4.69) is 45.3 Å². The van der Waals surface area contributed by atoms with Gasteiger partial charge in [-0.3, -0.25) is 11.3 Å². The minimum absolute atomic E-state index is 0.111. The van der Waals surface area contributed by atoms with Crippen LogP contribution in [-0.4, -0.2) is 18.8 Å². The highest BCUT2D eigenvalue weighted by molar-refractivity contribution is 5.38. The summed E-state index contributed by atoms with van der Waals surface area (Å²) in [5, 5.41) is 0. The fraction of sp³-hybridized carbons (Fsp3) is 0.600. The number of aryl methyl sites for hydroxylation is 3. The summed E-state index contributed by atoms with van der Waals surface area (Å²) in [6, 6.07) is 4.59. The highest BCUT2D eigenvalue weighted by Crippen LogP contribution is 2.19. The van der Waals surface area contributed by atoms with Gasteiger partial charge in [-0.1, -0.05) is 17.7 Å². The Bertz CT molecular complexity index is 367. The Kier molecular flexibility index (Phi) is 5.79. The largest absolute Gasteiger partial charge is 0.377 e. The van der Waals surface area contributed by atoms with Gasteiger partial charge in [0.25, 0.3) is 0 Å². The summed E-state index contributed by atoms with van der Waals surface area (Å²) in [5.74, 6) is 5.65. The summed E-state index contributed by atoms with van der Waals surface area (Å²) in [7, 11) is 0. The van der Waals surface area contributed by atoms with Gasteiger partial charge in [0.15, 0.2) is 0 Å². The topological polar surface area (TPSA) is 47.3 Å². The van der Waals surface area contributed by atoms with E-state index in [1.165, 1.54) is 22.3 Å². The summed E-state index contributed by atoms with van der Waals surface area (Å²) < 4.78 is 5.63. The first-order valence-electron chi connectivity index (χ1n) is 6.64. The molecule has 0 amide bonds. The number of nitrogens with one attached hydrogen (secondary N) is 1. The Morgan fingerprint density at radius 1 is 1.22 bits per heavy atom. The van der Waals surface area contributed by atoms with Crippen LogP contribution >= 0.6 is 0 Å². The Hall–Kier alpha value is -0.900. The molecule has 2 atom stereocenters. The monoisotopic (exact) mass is 250 g/mol. The number of hydrogen-bond acceptors (Lipinski definition) is 3. The van der Waals surface area contributed by atoms with Crippen LogP contribution in [0.2, 0.25) is 0 Å². The zero-order valence-corrected chi connectivity index (χ0v) is 12.2. The molecule has 0 radical (unpaired) electrons. The van der Waals surface area contributed by atoms with E-state index in [4.69, 9.17) is 10.6 Å². The summed E-state index contributed by atoms with van der Waals surface area (Å²) in [5.41, 5.74) is 8.22. The highest BCUT2D eigenvalue weighted by atomic mass is 16.5. The molecule has 0 aliphatic carbocycles. The van der Waals surface area contributed by atoms with Crippen molar-refractivity contribution >= 4 is 0 Å².